The van der Waals surface area contributed by atoms with Crippen molar-refractivity contribution in [2.45, 2.75) is 30.1 Å². The third kappa shape index (κ3) is 7.85. The van der Waals surface area contributed by atoms with E-state index in [2.05, 4.69) is 32.9 Å². The number of ether oxygens (including phenoxy) is 6. The second kappa shape index (κ2) is 17.4. The van der Waals surface area contributed by atoms with Crippen molar-refractivity contribution in [1.29, 1.82) is 0 Å². The van der Waals surface area contributed by atoms with Crippen LogP contribution in [0.15, 0.2) is 116 Å². The molecule has 1 N–H and O–H groups in total. The number of esters is 2. The van der Waals surface area contributed by atoms with E-state index in [0.717, 1.165) is 21.5 Å². The van der Waals surface area contributed by atoms with Crippen LogP contribution < -0.4 is 14.7 Å². The maximum Gasteiger partial charge on any atom is 0.332 e. The lowest BCUT2D eigenvalue weighted by atomic mass is 9.75. The molecule has 3 aromatic heterocycles. The highest BCUT2D eigenvalue weighted by atomic mass is 32.9. The van der Waals surface area contributed by atoms with Gasteiger partial charge in [-0.2, -0.15) is 0 Å². The molecule has 5 atom stereocenters. The average molecular weight is 897 g/mol. The molecule has 2 aliphatic rings. The molecule has 0 aliphatic carbocycles. The topological polar surface area (TPSA) is 194 Å². The van der Waals surface area contributed by atoms with E-state index >= 15 is 0 Å². The number of hydrogen-bond acceptors (Lipinski definition) is 17. The van der Waals surface area contributed by atoms with Gasteiger partial charge in [0.2, 0.25) is 0 Å². The van der Waals surface area contributed by atoms with Gasteiger partial charge in [0.15, 0.2) is 35.4 Å². The Hall–Kier alpha value is -5.99. The summed E-state index contributed by atoms with van der Waals surface area (Å²) in [7, 11) is 2.69. The minimum Gasteiger partial charge on any atom is -0.457 e. The monoisotopic (exact) mass is 896 g/mol. The average Bonchev–Trinajstić information content (AvgIpc) is 3.99. The molecule has 1 saturated heterocycles. The summed E-state index contributed by atoms with van der Waals surface area (Å²) in [5.74, 6) is 0.165. The minimum atomic E-state index is -3.43. The summed E-state index contributed by atoms with van der Waals surface area (Å²) in [6.45, 7) is -1.14. The summed E-state index contributed by atoms with van der Waals surface area (Å²) in [6, 6.07) is 32.6. The van der Waals surface area contributed by atoms with Gasteiger partial charge in [-0.15, -0.1) is 5.10 Å². The first-order chi connectivity index (χ1) is 30.2. The Labute approximate surface area is 363 Å². The molecule has 1 unspecified atom stereocenters. The molecule has 1 fully saturated rings. The molecule has 9 rings (SSSR count). The van der Waals surface area contributed by atoms with E-state index in [4.69, 9.17) is 59.3 Å². The van der Waals surface area contributed by atoms with Crippen LogP contribution in [-0.4, -0.2) is 99.0 Å². The molecule has 0 radical (unpaired) electrons. The number of carbonyl (C=O) groups is 2. The first-order valence-corrected chi connectivity index (χ1v) is 22.9. The van der Waals surface area contributed by atoms with Crippen molar-refractivity contribution in [2.24, 2.45) is 0 Å². The van der Waals surface area contributed by atoms with Crippen molar-refractivity contribution in [3.05, 3.63) is 132 Å². The molecular formula is C41H37N8O10PS2. The summed E-state index contributed by atoms with van der Waals surface area (Å²) < 4.78 is 48.5. The van der Waals surface area contributed by atoms with E-state index in [-0.39, 0.29) is 6.61 Å². The smallest absolute Gasteiger partial charge is 0.332 e. The predicted molar refractivity (Wildman–Crippen MR) is 229 cm³/mol. The van der Waals surface area contributed by atoms with Crippen LogP contribution >= 0.6 is 17.9 Å². The number of nitrogens with zero attached hydrogens (tertiary/aromatic N) is 7. The molecule has 2 aliphatic heterocycles. The number of hydrogen-bond donors (Lipinski definition) is 2. The molecule has 0 amide bonds. The fraction of sp³-hybridized carbons (Fsp3) is 0.244. The lowest BCUT2D eigenvalue weighted by Crippen LogP contribution is -2.42. The molecule has 62 heavy (non-hydrogen) atoms. The Morgan fingerprint density at radius 3 is 2.19 bits per heavy atom. The number of thiol groups is 1. The highest BCUT2D eigenvalue weighted by molar-refractivity contribution is 8.60. The molecule has 5 heterocycles. The summed E-state index contributed by atoms with van der Waals surface area (Å²) in [6.07, 6.45) is -2.00. The molecule has 0 saturated carbocycles. The van der Waals surface area contributed by atoms with Gasteiger partial charge in [-0.3, -0.25) is 4.57 Å². The summed E-state index contributed by atoms with van der Waals surface area (Å²) >= 11 is 10.2. The van der Waals surface area contributed by atoms with Gasteiger partial charge in [-0.05, 0) is 46.8 Å². The van der Waals surface area contributed by atoms with E-state index in [1.54, 1.807) is 22.8 Å². The number of methoxy groups -OCH3 is 2. The van der Waals surface area contributed by atoms with Gasteiger partial charge in [0.05, 0.1) is 12.9 Å². The van der Waals surface area contributed by atoms with E-state index in [0.29, 0.717) is 39.5 Å². The molecule has 18 nitrogen and oxygen atoms in total. The van der Waals surface area contributed by atoms with Crippen molar-refractivity contribution in [3.63, 3.8) is 0 Å². The zero-order valence-corrected chi connectivity index (χ0v) is 35.5. The molecule has 21 heteroatoms. The van der Waals surface area contributed by atoms with Gasteiger partial charge in [0.25, 0.3) is 0 Å². The maximum absolute atomic E-state index is 13.2. The largest absolute Gasteiger partial charge is 0.457 e. The lowest BCUT2D eigenvalue weighted by molar-refractivity contribution is -0.172. The highest BCUT2D eigenvalue weighted by Crippen LogP contribution is 2.53. The van der Waals surface area contributed by atoms with Crippen molar-refractivity contribution >= 4 is 69.7 Å². The Balaban J connectivity index is 1.09. The second-order valence-electron chi connectivity index (χ2n) is 14.0. The van der Waals surface area contributed by atoms with Crippen LogP contribution in [0.5, 0.6) is 11.5 Å². The van der Waals surface area contributed by atoms with Crippen LogP contribution in [0, 0.1) is 0 Å². The van der Waals surface area contributed by atoms with Gasteiger partial charge in [0.1, 0.15) is 53.7 Å². The van der Waals surface area contributed by atoms with Crippen molar-refractivity contribution in [2.75, 3.05) is 39.4 Å². The van der Waals surface area contributed by atoms with Crippen LogP contribution in [0.3, 0.4) is 0 Å². The Kier molecular flexibility index (Phi) is 11.6. The zero-order valence-electron chi connectivity index (χ0n) is 32.9. The van der Waals surface area contributed by atoms with Crippen LogP contribution in [0.2, 0.25) is 0 Å². The number of para-hydroxylation sites is 3. The fourth-order valence-corrected chi connectivity index (χ4v) is 9.12. The quantitative estimate of drug-likeness (QED) is 0.0755. The normalized spacial score (nSPS) is 19.8. The summed E-state index contributed by atoms with van der Waals surface area (Å²) in [5.41, 5.74) is -0.110. The van der Waals surface area contributed by atoms with Gasteiger partial charge >= 0.3 is 17.6 Å². The molecule has 7 aromatic rings. The van der Waals surface area contributed by atoms with E-state index in [9.17, 15) is 9.59 Å². The number of fused-ring (bicyclic) bond motifs is 4. The van der Waals surface area contributed by atoms with Crippen molar-refractivity contribution < 1.29 is 47.2 Å². The van der Waals surface area contributed by atoms with Crippen LogP contribution in [0.4, 0.5) is 5.82 Å². The number of benzene rings is 4. The first kappa shape index (κ1) is 41.4. The number of nitrogens with one attached hydrogen (secondary N) is 1. The number of imidazole rings is 1. The Bertz CT molecular complexity index is 2770. The second-order valence-corrected chi connectivity index (χ2v) is 19.2. The van der Waals surface area contributed by atoms with E-state index in [1.807, 2.05) is 84.9 Å². The maximum atomic E-state index is 13.2. The molecule has 0 spiro atoms. The van der Waals surface area contributed by atoms with E-state index in [1.165, 1.54) is 26.9 Å². The molecule has 4 aromatic carbocycles. The lowest BCUT2D eigenvalue weighted by Gasteiger charge is -2.41. The minimum absolute atomic E-state index is 0.293. The number of aromatic nitrogens is 7. The third-order valence-electron chi connectivity index (χ3n) is 10.2. The predicted octanol–water partition coefficient (Wildman–Crippen LogP) is 5.39. The first-order valence-electron chi connectivity index (χ1n) is 19.1. The van der Waals surface area contributed by atoms with Crippen LogP contribution in [-0.2, 0) is 55.1 Å². The number of rotatable bonds is 15. The third-order valence-corrected chi connectivity index (χ3v) is 12.1. The fourth-order valence-electron chi connectivity index (χ4n) is 7.65. The van der Waals surface area contributed by atoms with E-state index < -0.39 is 60.9 Å². The van der Waals surface area contributed by atoms with Crippen molar-refractivity contribution in [1.82, 2.24) is 34.7 Å². The molecule has 0 bridgehead atoms. The standard InChI is InChI=1S/C41H37N8O10PS2/c1-52-21-33(50)57-36-32(20-54-60(61,62)59-49-29-17-9-8-16-28(29)46-47-49)56-40(37(36)58-34(51)22-53-2)48-24-44-35-38(42-23-43-39(35)48)45-41(25-12-4-3-5-13-25)26-14-6-10-18-30(26)55-31-19-11-7-15-27(31)41/h3-19,23-24,32,36-37,40H,20-22H2,1-2H3,(H,61,62)(H,42,43,45)/t32-,36-,37-,40-/m1/s1. The highest BCUT2D eigenvalue weighted by Gasteiger charge is 2.52. The van der Waals surface area contributed by atoms with Crippen LogP contribution in [0.25, 0.3) is 22.2 Å². The SMILES string of the molecule is COCC(=O)O[C@@H]1[C@H](OC(=O)COC)[C@@H](COP(=S)(S)On2nnc3ccccc32)O[C@H]1n1cnc2c(NC3(c4ccccc4)c4ccccc4Oc4ccccc43)ncnc21. The van der Waals surface area contributed by atoms with Gasteiger partial charge in [-0.25, -0.2) is 24.5 Å². The Morgan fingerprint density at radius 2 is 1.48 bits per heavy atom. The van der Waals surface area contributed by atoms with Crippen molar-refractivity contribution in [3.8, 4) is 11.5 Å². The van der Waals surface area contributed by atoms with Gasteiger partial charge in [0, 0.05) is 25.3 Å². The Morgan fingerprint density at radius 1 is 0.839 bits per heavy atom. The number of carbonyl (C=O) groups excluding carboxylic acids is 2. The van der Waals surface area contributed by atoms with Gasteiger partial charge in [-0.1, -0.05) is 96.0 Å². The molecular weight excluding hydrogens is 860 g/mol. The van der Waals surface area contributed by atoms with Crippen LogP contribution in [0.1, 0.15) is 22.9 Å². The molecule has 318 valence electrons. The summed E-state index contributed by atoms with van der Waals surface area (Å²) in [4.78, 5) is 41.5. The van der Waals surface area contributed by atoms with Gasteiger partial charge < -0.3 is 42.9 Å². The summed E-state index contributed by atoms with van der Waals surface area (Å²) in [5, 5.41) is 11.9. The zero-order chi connectivity index (χ0) is 42.8. The number of anilines is 1.